The van der Waals surface area contributed by atoms with E-state index in [0.29, 0.717) is 45.7 Å². The molecule has 5 nitrogen and oxygen atoms in total. The number of thioether (sulfide) groups is 1. The Kier molecular flexibility index (Phi) is 5.90. The van der Waals surface area contributed by atoms with Crippen molar-refractivity contribution in [3.63, 3.8) is 0 Å². The van der Waals surface area contributed by atoms with Gasteiger partial charge < -0.3 is 5.84 Å². The van der Waals surface area contributed by atoms with Crippen LogP contribution in [-0.4, -0.2) is 26.4 Å². The summed E-state index contributed by atoms with van der Waals surface area (Å²) in [6.45, 7) is 0. The third-order valence-electron chi connectivity index (χ3n) is 3.72. The van der Waals surface area contributed by atoms with Gasteiger partial charge in [0.15, 0.2) is 11.6 Å². The smallest absolute Gasteiger partial charge is 0.210 e. The number of carbonyl (C=O) groups is 1. The monoisotopic (exact) mass is 390 g/mol. The molecule has 0 aliphatic rings. The molecule has 2 N–H and O–H groups in total. The molecule has 0 saturated heterocycles. The summed E-state index contributed by atoms with van der Waals surface area (Å²) in [7, 11) is 0. The molecule has 0 aliphatic heterocycles. The van der Waals surface area contributed by atoms with Crippen LogP contribution in [0.4, 0.5) is 4.39 Å². The highest BCUT2D eigenvalue weighted by Crippen LogP contribution is 2.27. The zero-order chi connectivity index (χ0) is 18.5. The number of nitrogen functional groups attached to an aromatic ring is 1. The minimum absolute atomic E-state index is 0.0171. The maximum absolute atomic E-state index is 12.9. The van der Waals surface area contributed by atoms with Gasteiger partial charge in [-0.25, -0.2) is 9.07 Å². The number of halogens is 2. The zero-order valence-corrected chi connectivity index (χ0v) is 15.3. The summed E-state index contributed by atoms with van der Waals surface area (Å²) in [5.41, 5.74) is 1.22. The number of carbonyl (C=O) groups excluding carboxylic acids is 1. The van der Waals surface area contributed by atoms with E-state index < -0.39 is 0 Å². The van der Waals surface area contributed by atoms with E-state index in [1.54, 1.807) is 6.07 Å². The average Bonchev–Trinajstić information content (AvgIpc) is 3.00. The summed E-state index contributed by atoms with van der Waals surface area (Å²) < 4.78 is 14.3. The van der Waals surface area contributed by atoms with Crippen LogP contribution in [0.5, 0.6) is 0 Å². The van der Waals surface area contributed by atoms with E-state index in [-0.39, 0.29) is 11.6 Å². The quantitative estimate of drug-likeness (QED) is 0.283. The second kappa shape index (κ2) is 8.33. The molecule has 1 heterocycles. The lowest BCUT2D eigenvalue weighted by atomic mass is 10.1. The van der Waals surface area contributed by atoms with Crippen molar-refractivity contribution in [1.29, 1.82) is 0 Å². The van der Waals surface area contributed by atoms with Crippen LogP contribution in [0.2, 0.25) is 5.02 Å². The number of rotatable bonds is 7. The summed E-state index contributed by atoms with van der Waals surface area (Å²) in [6, 6.07) is 12.8. The second-order valence-electron chi connectivity index (χ2n) is 5.54. The lowest BCUT2D eigenvalue weighted by molar-refractivity contribution is 0.0982. The first-order valence-corrected chi connectivity index (χ1v) is 9.29. The fourth-order valence-corrected chi connectivity index (χ4v) is 3.39. The van der Waals surface area contributed by atoms with Crippen LogP contribution in [0.15, 0.2) is 53.7 Å². The van der Waals surface area contributed by atoms with Crippen molar-refractivity contribution in [2.75, 3.05) is 11.6 Å². The summed E-state index contributed by atoms with van der Waals surface area (Å²) in [5, 5.41) is 9.28. The van der Waals surface area contributed by atoms with Gasteiger partial charge in [0.25, 0.3) is 0 Å². The highest BCUT2D eigenvalue weighted by Gasteiger charge is 2.14. The molecule has 0 saturated carbocycles. The summed E-state index contributed by atoms with van der Waals surface area (Å²) in [4.78, 5) is 12.1. The van der Waals surface area contributed by atoms with Crippen LogP contribution in [0.25, 0.3) is 11.4 Å². The fraction of sp³-hybridized carbons (Fsp3) is 0.167. The van der Waals surface area contributed by atoms with Crippen LogP contribution in [-0.2, 0) is 0 Å². The van der Waals surface area contributed by atoms with Crippen molar-refractivity contribution < 1.29 is 9.18 Å². The topological polar surface area (TPSA) is 73.8 Å². The van der Waals surface area contributed by atoms with E-state index in [9.17, 15) is 9.18 Å². The van der Waals surface area contributed by atoms with Crippen molar-refractivity contribution >= 4 is 29.1 Å². The van der Waals surface area contributed by atoms with Gasteiger partial charge in [0.1, 0.15) is 5.82 Å². The molecule has 0 unspecified atom stereocenters. The Balaban J connectivity index is 1.55. The van der Waals surface area contributed by atoms with Gasteiger partial charge >= 0.3 is 0 Å². The van der Waals surface area contributed by atoms with Gasteiger partial charge in [-0.15, -0.1) is 10.2 Å². The van der Waals surface area contributed by atoms with Crippen LogP contribution in [0, 0.1) is 5.82 Å². The summed E-state index contributed by atoms with van der Waals surface area (Å²) >= 11 is 7.58. The predicted molar refractivity (Wildman–Crippen MR) is 101 cm³/mol. The van der Waals surface area contributed by atoms with Gasteiger partial charge in [0.2, 0.25) is 5.16 Å². The van der Waals surface area contributed by atoms with E-state index >= 15 is 0 Å². The first-order valence-electron chi connectivity index (χ1n) is 7.93. The molecule has 0 fully saturated rings. The molecule has 134 valence electrons. The molecule has 26 heavy (non-hydrogen) atoms. The standard InChI is InChI=1S/C18H16ClFN4OS/c19-15-5-2-1-4-14(15)17-22-23-18(24(17)21)26-11-3-6-16(25)12-7-9-13(20)10-8-12/h1-2,4-5,7-10H,3,6,11,21H2. The lowest BCUT2D eigenvalue weighted by Gasteiger charge is -2.05. The number of hydrogen-bond donors (Lipinski definition) is 1. The normalized spacial score (nSPS) is 10.8. The molecule has 8 heteroatoms. The van der Waals surface area contributed by atoms with Crippen LogP contribution >= 0.6 is 23.4 Å². The van der Waals surface area contributed by atoms with E-state index in [2.05, 4.69) is 10.2 Å². The molecule has 3 aromatic rings. The highest BCUT2D eigenvalue weighted by atomic mass is 35.5. The minimum Gasteiger partial charge on any atom is -0.335 e. The van der Waals surface area contributed by atoms with Crippen molar-refractivity contribution in [3.8, 4) is 11.4 Å². The number of nitrogens with two attached hydrogens (primary N) is 1. The Morgan fingerprint density at radius 3 is 2.62 bits per heavy atom. The molecule has 0 atom stereocenters. The van der Waals surface area contributed by atoms with E-state index in [1.165, 1.54) is 40.7 Å². The number of Topliss-reactive ketones (excluding diaryl/α,β-unsaturated/α-hetero) is 1. The average molecular weight is 391 g/mol. The van der Waals surface area contributed by atoms with Gasteiger partial charge in [0, 0.05) is 23.3 Å². The Labute approximate surface area is 159 Å². The molecular formula is C18H16ClFN4OS. The van der Waals surface area contributed by atoms with E-state index in [0.717, 1.165) is 0 Å². The molecule has 1 aromatic heterocycles. The summed E-state index contributed by atoms with van der Waals surface area (Å²) in [6.07, 6.45) is 1.02. The molecule has 0 radical (unpaired) electrons. The SMILES string of the molecule is Nn1c(SCCCC(=O)c2ccc(F)cc2)nnc1-c1ccccc1Cl. The Morgan fingerprint density at radius 1 is 1.15 bits per heavy atom. The molecular weight excluding hydrogens is 375 g/mol. The molecule has 0 aliphatic carbocycles. The number of benzene rings is 2. The largest absolute Gasteiger partial charge is 0.335 e. The summed E-state index contributed by atoms with van der Waals surface area (Å²) in [5.74, 6) is 6.84. The maximum atomic E-state index is 12.9. The van der Waals surface area contributed by atoms with Crippen molar-refractivity contribution in [3.05, 3.63) is 64.9 Å². The zero-order valence-electron chi connectivity index (χ0n) is 13.7. The number of ketones is 1. The third-order valence-corrected chi connectivity index (χ3v) is 5.08. The van der Waals surface area contributed by atoms with Gasteiger partial charge in [-0.2, -0.15) is 0 Å². The van der Waals surface area contributed by atoms with Gasteiger partial charge in [-0.3, -0.25) is 4.79 Å². The highest BCUT2D eigenvalue weighted by molar-refractivity contribution is 7.99. The predicted octanol–water partition coefficient (Wildman–Crippen LogP) is 4.21. The maximum Gasteiger partial charge on any atom is 0.210 e. The van der Waals surface area contributed by atoms with Crippen molar-refractivity contribution in [2.24, 2.45) is 0 Å². The first kappa shape index (κ1) is 18.4. The molecule has 0 amide bonds. The Hall–Kier alpha value is -2.38. The lowest BCUT2D eigenvalue weighted by Crippen LogP contribution is -2.12. The molecule has 2 aromatic carbocycles. The number of hydrogen-bond acceptors (Lipinski definition) is 5. The molecule has 0 bridgehead atoms. The van der Waals surface area contributed by atoms with Crippen LogP contribution in [0.3, 0.4) is 0 Å². The molecule has 0 spiro atoms. The number of nitrogens with zero attached hydrogens (tertiary/aromatic N) is 3. The van der Waals surface area contributed by atoms with Gasteiger partial charge in [-0.05, 0) is 42.8 Å². The Bertz CT molecular complexity index is 914. The van der Waals surface area contributed by atoms with Crippen molar-refractivity contribution in [1.82, 2.24) is 14.9 Å². The Morgan fingerprint density at radius 2 is 1.88 bits per heavy atom. The van der Waals surface area contributed by atoms with Crippen LogP contribution in [0.1, 0.15) is 23.2 Å². The van der Waals surface area contributed by atoms with Crippen molar-refractivity contribution in [2.45, 2.75) is 18.0 Å². The number of aromatic nitrogens is 3. The first-order chi connectivity index (χ1) is 12.6. The second-order valence-corrected chi connectivity index (χ2v) is 7.01. The third kappa shape index (κ3) is 4.23. The van der Waals surface area contributed by atoms with Gasteiger partial charge in [0.05, 0.1) is 5.02 Å². The minimum atomic E-state index is -0.353. The van der Waals surface area contributed by atoms with E-state index in [1.807, 2.05) is 18.2 Å². The fourth-order valence-electron chi connectivity index (χ4n) is 2.38. The molecule has 3 rings (SSSR count). The van der Waals surface area contributed by atoms with Gasteiger partial charge in [-0.1, -0.05) is 35.5 Å². The van der Waals surface area contributed by atoms with Crippen LogP contribution < -0.4 is 5.84 Å². The van der Waals surface area contributed by atoms with E-state index in [4.69, 9.17) is 17.4 Å².